The number of carbonyl (C=O) groups is 4. The predicted molar refractivity (Wildman–Crippen MR) is 164 cm³/mol. The summed E-state index contributed by atoms with van der Waals surface area (Å²) in [6, 6.07) is 25.9. The molecule has 12 heteroatoms. The van der Waals surface area contributed by atoms with Crippen LogP contribution in [0.3, 0.4) is 0 Å². The van der Waals surface area contributed by atoms with E-state index in [4.69, 9.17) is 18.9 Å². The van der Waals surface area contributed by atoms with Crippen molar-refractivity contribution in [3.05, 3.63) is 130 Å². The molecule has 12 nitrogen and oxygen atoms in total. The summed E-state index contributed by atoms with van der Waals surface area (Å²) in [7, 11) is 0. The lowest BCUT2D eigenvalue weighted by atomic mass is 10.1. The highest BCUT2D eigenvalue weighted by Crippen LogP contribution is 2.35. The fourth-order valence-corrected chi connectivity index (χ4v) is 4.63. The number of carbonyl (C=O) groups excluding carboxylic acids is 4. The molecule has 0 radical (unpaired) electrons. The van der Waals surface area contributed by atoms with Crippen LogP contribution in [0, 0.1) is 5.92 Å². The van der Waals surface area contributed by atoms with E-state index in [1.807, 2.05) is 0 Å². The summed E-state index contributed by atoms with van der Waals surface area (Å²) >= 11 is 0. The minimum atomic E-state index is -1.39. The molecule has 1 aliphatic heterocycles. The van der Waals surface area contributed by atoms with E-state index in [-0.39, 0.29) is 34.3 Å². The molecule has 3 aromatic carbocycles. The zero-order valence-electron chi connectivity index (χ0n) is 25.0. The normalized spacial score (nSPS) is 18.8. The van der Waals surface area contributed by atoms with Gasteiger partial charge in [0.05, 0.1) is 16.7 Å². The van der Waals surface area contributed by atoms with Crippen molar-refractivity contribution in [3.63, 3.8) is 0 Å². The molecule has 0 saturated carbocycles. The van der Waals surface area contributed by atoms with Gasteiger partial charge in [-0.1, -0.05) is 68.4 Å². The number of nitrogens with one attached hydrogen (secondary N) is 1. The second-order valence-corrected chi connectivity index (χ2v) is 10.6. The van der Waals surface area contributed by atoms with Gasteiger partial charge in [0.15, 0.2) is 18.4 Å². The maximum absolute atomic E-state index is 13.3. The lowest BCUT2D eigenvalue weighted by Gasteiger charge is -2.25. The predicted octanol–water partition coefficient (Wildman–Crippen LogP) is 4.04. The van der Waals surface area contributed by atoms with E-state index >= 15 is 0 Å². The topological polar surface area (TPSA) is 152 Å². The van der Waals surface area contributed by atoms with Gasteiger partial charge < -0.3 is 24.3 Å². The fraction of sp³-hybridized carbons (Fsp3) is 0.235. The van der Waals surface area contributed by atoms with Crippen LogP contribution in [0.15, 0.2) is 108 Å². The Morgan fingerprint density at radius 1 is 0.761 bits per heavy atom. The molecule has 0 unspecified atom stereocenters. The molecule has 1 saturated heterocycles. The van der Waals surface area contributed by atoms with E-state index in [2.05, 4.69) is 10.3 Å². The van der Waals surface area contributed by atoms with Crippen LogP contribution in [0.4, 0.5) is 5.82 Å². The van der Waals surface area contributed by atoms with Crippen LogP contribution in [-0.4, -0.2) is 58.3 Å². The molecule has 1 fully saturated rings. The zero-order valence-corrected chi connectivity index (χ0v) is 25.0. The number of anilines is 1. The first-order chi connectivity index (χ1) is 22.2. The first-order valence-electron chi connectivity index (χ1n) is 14.5. The highest BCUT2D eigenvalue weighted by Gasteiger charge is 2.51. The lowest BCUT2D eigenvalue weighted by Crippen LogP contribution is -2.42. The third-order valence-electron chi connectivity index (χ3n) is 7.06. The van der Waals surface area contributed by atoms with Crippen LogP contribution >= 0.6 is 0 Å². The molecule has 1 aliphatic rings. The standard InChI is InChI=1S/C34H31N3O9/c1-21(2)29(38)35-26-18-19-37(34(42)36-26)30-28(46-33(41)24-16-10-5-11-17-24)27(45-32(40)23-14-8-4-9-15-23)25(44-30)20-43-31(39)22-12-6-3-7-13-22/h3-19,21,25,27-28,30H,20H2,1-2H3,(H,35,36,38,42)/t25-,27-,28-,30-/m1/s1. The average molecular weight is 626 g/mol. The van der Waals surface area contributed by atoms with Crippen molar-refractivity contribution >= 4 is 29.6 Å². The number of hydrogen-bond donors (Lipinski definition) is 1. The van der Waals surface area contributed by atoms with Crippen molar-refractivity contribution in [3.8, 4) is 0 Å². The van der Waals surface area contributed by atoms with Gasteiger partial charge in [0, 0.05) is 12.1 Å². The Balaban J connectivity index is 1.50. The van der Waals surface area contributed by atoms with E-state index in [9.17, 15) is 24.0 Å². The van der Waals surface area contributed by atoms with Gasteiger partial charge in [0.25, 0.3) is 0 Å². The second kappa shape index (κ2) is 14.4. The SMILES string of the molecule is CC(C)C(=O)Nc1ccn([C@@H]2O[C@H](COC(=O)c3ccccc3)[C@@H](OC(=O)c3ccccc3)[C@H]2OC(=O)c2ccccc2)c(=O)n1. The van der Waals surface area contributed by atoms with E-state index in [1.54, 1.807) is 92.7 Å². The van der Waals surface area contributed by atoms with E-state index < -0.39 is 54.7 Å². The molecule has 0 spiro atoms. The third-order valence-corrected chi connectivity index (χ3v) is 7.06. The van der Waals surface area contributed by atoms with Crippen LogP contribution in [0.1, 0.15) is 51.1 Å². The maximum Gasteiger partial charge on any atom is 0.351 e. The molecule has 1 aromatic heterocycles. The van der Waals surface area contributed by atoms with Crippen LogP contribution in [-0.2, 0) is 23.7 Å². The van der Waals surface area contributed by atoms with Crippen LogP contribution in [0.25, 0.3) is 0 Å². The quantitative estimate of drug-likeness (QED) is 0.202. The summed E-state index contributed by atoms with van der Waals surface area (Å²) in [5.41, 5.74) is -0.155. The van der Waals surface area contributed by atoms with Crippen molar-refractivity contribution in [1.82, 2.24) is 9.55 Å². The molecule has 0 aliphatic carbocycles. The van der Waals surface area contributed by atoms with Gasteiger partial charge in [-0.3, -0.25) is 9.36 Å². The highest BCUT2D eigenvalue weighted by atomic mass is 16.7. The zero-order chi connectivity index (χ0) is 32.6. The highest BCUT2D eigenvalue weighted by molar-refractivity contribution is 5.91. The van der Waals surface area contributed by atoms with Gasteiger partial charge in [-0.25, -0.2) is 19.2 Å². The van der Waals surface area contributed by atoms with Gasteiger partial charge >= 0.3 is 23.6 Å². The summed E-state index contributed by atoms with van der Waals surface area (Å²) in [6.07, 6.45) is -3.95. The molecule has 4 aromatic rings. The van der Waals surface area contributed by atoms with E-state index in [0.717, 1.165) is 4.57 Å². The number of hydrogen-bond acceptors (Lipinski definition) is 10. The summed E-state index contributed by atoms with van der Waals surface area (Å²) in [4.78, 5) is 68.8. The molecule has 46 heavy (non-hydrogen) atoms. The van der Waals surface area contributed by atoms with Crippen LogP contribution in [0.5, 0.6) is 0 Å². The van der Waals surface area contributed by atoms with Crippen molar-refractivity contribution < 1.29 is 38.1 Å². The third kappa shape index (κ3) is 7.53. The summed E-state index contributed by atoms with van der Waals surface area (Å²) in [6.45, 7) is 2.97. The molecule has 2 heterocycles. The minimum absolute atomic E-state index is 0.0103. The molecule has 236 valence electrons. The Morgan fingerprint density at radius 2 is 1.26 bits per heavy atom. The van der Waals surface area contributed by atoms with Crippen LogP contribution < -0.4 is 11.0 Å². The monoisotopic (exact) mass is 625 g/mol. The molecule has 0 bridgehead atoms. The van der Waals surface area contributed by atoms with Gasteiger partial charge in [-0.15, -0.1) is 0 Å². The van der Waals surface area contributed by atoms with Gasteiger partial charge in [0.1, 0.15) is 18.5 Å². The minimum Gasteiger partial charge on any atom is -0.459 e. The van der Waals surface area contributed by atoms with Crippen molar-refractivity contribution in [1.29, 1.82) is 0 Å². The Hall–Kier alpha value is -5.62. The Kier molecular flexibility index (Phi) is 9.98. The number of aromatic nitrogens is 2. The van der Waals surface area contributed by atoms with E-state index in [0.29, 0.717) is 0 Å². The number of esters is 3. The Bertz CT molecular complexity index is 1740. The molecule has 1 amide bonds. The van der Waals surface area contributed by atoms with Crippen molar-refractivity contribution in [2.24, 2.45) is 5.92 Å². The summed E-state index contributed by atoms with van der Waals surface area (Å²) in [5.74, 6) is -2.89. The number of rotatable bonds is 10. The van der Waals surface area contributed by atoms with Crippen molar-refractivity contribution in [2.75, 3.05) is 11.9 Å². The number of amides is 1. The molecule has 1 N–H and O–H groups in total. The Labute approximate surface area is 263 Å². The molecular weight excluding hydrogens is 594 g/mol. The molecule has 4 atom stereocenters. The largest absolute Gasteiger partial charge is 0.459 e. The fourth-order valence-electron chi connectivity index (χ4n) is 4.63. The van der Waals surface area contributed by atoms with Gasteiger partial charge in [-0.05, 0) is 42.5 Å². The first-order valence-corrected chi connectivity index (χ1v) is 14.5. The van der Waals surface area contributed by atoms with E-state index in [1.165, 1.54) is 24.4 Å². The van der Waals surface area contributed by atoms with Crippen molar-refractivity contribution in [2.45, 2.75) is 38.4 Å². The summed E-state index contributed by atoms with van der Waals surface area (Å²) in [5, 5.41) is 2.56. The van der Waals surface area contributed by atoms with Gasteiger partial charge in [-0.2, -0.15) is 4.98 Å². The molecule has 5 rings (SSSR count). The second-order valence-electron chi connectivity index (χ2n) is 10.6. The molecular formula is C34H31N3O9. The maximum atomic E-state index is 13.3. The van der Waals surface area contributed by atoms with Gasteiger partial charge in [0.2, 0.25) is 5.91 Å². The number of nitrogens with zero attached hydrogens (tertiary/aromatic N) is 2. The smallest absolute Gasteiger partial charge is 0.351 e. The number of ether oxygens (including phenoxy) is 4. The average Bonchev–Trinajstić information content (AvgIpc) is 3.40. The number of benzene rings is 3. The lowest BCUT2D eigenvalue weighted by molar-refractivity contribution is -0.118. The summed E-state index contributed by atoms with van der Waals surface area (Å²) < 4.78 is 24.5. The van der Waals surface area contributed by atoms with Crippen LogP contribution in [0.2, 0.25) is 0 Å². The Morgan fingerprint density at radius 3 is 1.76 bits per heavy atom. The first kappa shape index (κ1) is 31.8.